The molecule has 0 aromatic carbocycles. The van der Waals surface area contributed by atoms with Crippen LogP contribution in [0, 0.1) is 17.8 Å². The van der Waals surface area contributed by atoms with Gasteiger partial charge < -0.3 is 10.6 Å². The third-order valence-corrected chi connectivity index (χ3v) is 3.63. The molecule has 0 aromatic heterocycles. The maximum absolute atomic E-state index is 11.6. The summed E-state index contributed by atoms with van der Waals surface area (Å²) in [5, 5.41) is 6.41. The molecule has 2 saturated carbocycles. The Bertz CT molecular complexity index is 242. The molecular formula is C13H24N2O. The highest BCUT2D eigenvalue weighted by molar-refractivity contribution is 5.78. The zero-order valence-corrected chi connectivity index (χ0v) is 10.5. The van der Waals surface area contributed by atoms with Crippen LogP contribution in [0.2, 0.25) is 0 Å². The number of carbonyl (C=O) groups excluding carboxylic acids is 1. The average Bonchev–Trinajstić information content (AvgIpc) is 3.08. The molecule has 2 fully saturated rings. The van der Waals surface area contributed by atoms with Gasteiger partial charge in [0.05, 0.1) is 6.54 Å². The summed E-state index contributed by atoms with van der Waals surface area (Å²) < 4.78 is 0. The molecule has 0 aromatic rings. The second kappa shape index (κ2) is 5.17. The molecule has 2 N–H and O–H groups in total. The molecule has 0 bridgehead atoms. The van der Waals surface area contributed by atoms with E-state index in [4.69, 9.17) is 0 Å². The summed E-state index contributed by atoms with van der Waals surface area (Å²) in [7, 11) is 0. The van der Waals surface area contributed by atoms with Crippen molar-refractivity contribution in [2.24, 2.45) is 17.8 Å². The van der Waals surface area contributed by atoms with Gasteiger partial charge in [0.25, 0.3) is 0 Å². The van der Waals surface area contributed by atoms with Gasteiger partial charge in [-0.3, -0.25) is 4.79 Å². The number of hydrogen-bond donors (Lipinski definition) is 2. The molecule has 0 spiro atoms. The smallest absolute Gasteiger partial charge is 0.233 e. The van der Waals surface area contributed by atoms with Crippen LogP contribution in [-0.4, -0.2) is 25.0 Å². The lowest BCUT2D eigenvalue weighted by Crippen LogP contribution is -2.43. The topological polar surface area (TPSA) is 41.1 Å². The van der Waals surface area contributed by atoms with Gasteiger partial charge in [0, 0.05) is 12.6 Å². The van der Waals surface area contributed by atoms with Gasteiger partial charge >= 0.3 is 0 Å². The zero-order chi connectivity index (χ0) is 11.5. The molecule has 16 heavy (non-hydrogen) atoms. The van der Waals surface area contributed by atoms with Crippen molar-refractivity contribution in [3.05, 3.63) is 0 Å². The molecule has 0 radical (unpaired) electrons. The van der Waals surface area contributed by atoms with Crippen molar-refractivity contribution in [2.75, 3.05) is 13.1 Å². The predicted octanol–water partition coefficient (Wildman–Crippen LogP) is 1.54. The second-order valence-corrected chi connectivity index (χ2v) is 5.74. The number of nitrogens with one attached hydrogen (secondary N) is 2. The standard InChI is InChI=1S/C13H24N2O/c1-9(2)13(11-5-6-11)15-8-12(16)14-7-10-3-4-10/h9-11,13,15H,3-8H2,1-2H3,(H,14,16). The summed E-state index contributed by atoms with van der Waals surface area (Å²) in [5.41, 5.74) is 0. The summed E-state index contributed by atoms with van der Waals surface area (Å²) in [4.78, 5) is 11.6. The van der Waals surface area contributed by atoms with Crippen LogP contribution in [0.5, 0.6) is 0 Å². The highest BCUT2D eigenvalue weighted by Gasteiger charge is 2.33. The predicted molar refractivity (Wildman–Crippen MR) is 65.1 cm³/mol. The lowest BCUT2D eigenvalue weighted by molar-refractivity contribution is -0.120. The summed E-state index contributed by atoms with van der Waals surface area (Å²) in [6.45, 7) is 5.85. The SMILES string of the molecule is CC(C)C(NCC(=O)NCC1CC1)C1CC1. The van der Waals surface area contributed by atoms with Gasteiger partial charge in [-0.15, -0.1) is 0 Å². The van der Waals surface area contributed by atoms with Crippen LogP contribution in [0.25, 0.3) is 0 Å². The van der Waals surface area contributed by atoms with Crippen molar-refractivity contribution in [1.82, 2.24) is 10.6 Å². The van der Waals surface area contributed by atoms with Crippen LogP contribution >= 0.6 is 0 Å². The normalized spacial score (nSPS) is 22.2. The molecule has 3 heteroatoms. The first kappa shape index (κ1) is 11.9. The van der Waals surface area contributed by atoms with Crippen LogP contribution in [0.3, 0.4) is 0 Å². The zero-order valence-electron chi connectivity index (χ0n) is 10.5. The maximum Gasteiger partial charge on any atom is 0.233 e. The van der Waals surface area contributed by atoms with Gasteiger partial charge in [-0.1, -0.05) is 13.8 Å². The van der Waals surface area contributed by atoms with Crippen molar-refractivity contribution in [2.45, 2.75) is 45.6 Å². The molecule has 0 heterocycles. The molecular weight excluding hydrogens is 200 g/mol. The molecule has 92 valence electrons. The first-order valence-corrected chi connectivity index (χ1v) is 6.67. The van der Waals surface area contributed by atoms with Crippen molar-refractivity contribution < 1.29 is 4.79 Å². The Labute approximate surface area is 98.4 Å². The van der Waals surface area contributed by atoms with E-state index in [-0.39, 0.29) is 5.91 Å². The minimum atomic E-state index is 0.165. The summed E-state index contributed by atoms with van der Waals surface area (Å²) in [6.07, 6.45) is 5.26. The highest BCUT2D eigenvalue weighted by atomic mass is 16.1. The summed E-state index contributed by atoms with van der Waals surface area (Å²) >= 11 is 0. The van der Waals surface area contributed by atoms with E-state index < -0.39 is 0 Å². The average molecular weight is 224 g/mol. The fourth-order valence-corrected chi connectivity index (χ4v) is 2.26. The lowest BCUT2D eigenvalue weighted by Gasteiger charge is -2.21. The first-order valence-electron chi connectivity index (χ1n) is 6.67. The molecule has 0 saturated heterocycles. The minimum Gasteiger partial charge on any atom is -0.355 e. The molecule has 0 aliphatic heterocycles. The van der Waals surface area contributed by atoms with E-state index in [9.17, 15) is 4.79 Å². The molecule has 3 nitrogen and oxygen atoms in total. The monoisotopic (exact) mass is 224 g/mol. The van der Waals surface area contributed by atoms with E-state index in [0.717, 1.165) is 18.4 Å². The van der Waals surface area contributed by atoms with Crippen molar-refractivity contribution in [3.63, 3.8) is 0 Å². The van der Waals surface area contributed by atoms with E-state index in [1.807, 2.05) is 0 Å². The van der Waals surface area contributed by atoms with Crippen molar-refractivity contribution in [1.29, 1.82) is 0 Å². The molecule has 1 unspecified atom stereocenters. The molecule has 2 aliphatic rings. The van der Waals surface area contributed by atoms with E-state index >= 15 is 0 Å². The van der Waals surface area contributed by atoms with E-state index in [1.54, 1.807) is 0 Å². The van der Waals surface area contributed by atoms with E-state index in [0.29, 0.717) is 18.5 Å². The number of carbonyl (C=O) groups is 1. The number of hydrogen-bond acceptors (Lipinski definition) is 2. The highest BCUT2D eigenvalue weighted by Crippen LogP contribution is 2.35. The van der Waals surface area contributed by atoms with Crippen LogP contribution in [0.4, 0.5) is 0 Å². The Balaban J connectivity index is 1.61. The first-order chi connectivity index (χ1) is 7.66. The molecule has 2 rings (SSSR count). The Hall–Kier alpha value is -0.570. The van der Waals surface area contributed by atoms with Crippen molar-refractivity contribution in [3.8, 4) is 0 Å². The van der Waals surface area contributed by atoms with Gasteiger partial charge in [-0.25, -0.2) is 0 Å². The number of amides is 1. The molecule has 1 amide bonds. The minimum absolute atomic E-state index is 0.165. The van der Waals surface area contributed by atoms with Crippen LogP contribution in [0.1, 0.15) is 39.5 Å². The fraction of sp³-hybridized carbons (Fsp3) is 0.923. The second-order valence-electron chi connectivity index (χ2n) is 5.74. The third-order valence-electron chi connectivity index (χ3n) is 3.63. The van der Waals surface area contributed by atoms with Gasteiger partial charge in [-0.2, -0.15) is 0 Å². The van der Waals surface area contributed by atoms with Gasteiger partial charge in [0.15, 0.2) is 0 Å². The quantitative estimate of drug-likeness (QED) is 0.688. The van der Waals surface area contributed by atoms with Crippen LogP contribution < -0.4 is 10.6 Å². The Morgan fingerprint density at radius 3 is 2.44 bits per heavy atom. The summed E-state index contributed by atoms with van der Waals surface area (Å²) in [6, 6.07) is 0.534. The Morgan fingerprint density at radius 1 is 1.25 bits per heavy atom. The molecule has 2 aliphatic carbocycles. The van der Waals surface area contributed by atoms with Crippen LogP contribution in [0.15, 0.2) is 0 Å². The Morgan fingerprint density at radius 2 is 1.94 bits per heavy atom. The molecule has 1 atom stereocenters. The fourth-order valence-electron chi connectivity index (χ4n) is 2.26. The van der Waals surface area contributed by atoms with Gasteiger partial charge in [-0.05, 0) is 43.4 Å². The van der Waals surface area contributed by atoms with E-state index in [2.05, 4.69) is 24.5 Å². The Kier molecular flexibility index (Phi) is 3.85. The summed E-state index contributed by atoms with van der Waals surface area (Å²) in [5.74, 6) is 2.38. The maximum atomic E-state index is 11.6. The van der Waals surface area contributed by atoms with E-state index in [1.165, 1.54) is 25.7 Å². The number of rotatable bonds is 7. The van der Waals surface area contributed by atoms with Crippen LogP contribution in [-0.2, 0) is 4.79 Å². The third kappa shape index (κ3) is 3.78. The largest absolute Gasteiger partial charge is 0.355 e. The van der Waals surface area contributed by atoms with Gasteiger partial charge in [0.2, 0.25) is 5.91 Å². The van der Waals surface area contributed by atoms with Gasteiger partial charge in [0.1, 0.15) is 0 Å². The lowest BCUT2D eigenvalue weighted by atomic mass is 10.00. The van der Waals surface area contributed by atoms with Crippen molar-refractivity contribution >= 4 is 5.91 Å².